The van der Waals surface area contributed by atoms with Gasteiger partial charge in [0.1, 0.15) is 30.5 Å². The molecule has 0 amide bonds. The molecule has 0 radical (unpaired) electrons. The van der Waals surface area contributed by atoms with Crippen molar-refractivity contribution in [1.82, 2.24) is 0 Å². The highest BCUT2D eigenvalue weighted by Gasteiger charge is 2.48. The van der Waals surface area contributed by atoms with Crippen LogP contribution >= 0.6 is 0 Å². The fourth-order valence-electron chi connectivity index (χ4n) is 7.13. The fourth-order valence-corrected chi connectivity index (χ4v) is 7.64. The third kappa shape index (κ3) is 33.3. The molecule has 0 aromatic carbocycles. The number of aliphatic hydroxyl groups is 3. The van der Waals surface area contributed by atoms with Crippen molar-refractivity contribution in [3.63, 3.8) is 0 Å². The molecule has 0 saturated carbocycles. The highest BCUT2D eigenvalue weighted by molar-refractivity contribution is 7.80. The minimum absolute atomic E-state index is 0.0271. The first kappa shape index (κ1) is 57.1. The monoisotopic (exact) mass is 887 g/mol. The van der Waals surface area contributed by atoms with Crippen LogP contribution in [0.3, 0.4) is 0 Å². The summed E-state index contributed by atoms with van der Waals surface area (Å²) in [6.45, 7) is 3.86. The lowest BCUT2D eigenvalue weighted by atomic mass is 9.99. The molecule has 6 atom stereocenters. The second-order valence-electron chi connectivity index (χ2n) is 16.3. The van der Waals surface area contributed by atoms with Crippen molar-refractivity contribution < 1.29 is 56.2 Å². The average Bonchev–Trinajstić information content (AvgIpc) is 3.23. The molecule has 1 aliphatic rings. The molecule has 1 fully saturated rings. The zero-order chi connectivity index (χ0) is 44.7. The number of unbranched alkanes of at least 4 members (excludes halogenated alkanes) is 20. The van der Waals surface area contributed by atoms with E-state index < -0.39 is 59.8 Å². The summed E-state index contributed by atoms with van der Waals surface area (Å²) in [5.74, 6) is -0.421. The van der Waals surface area contributed by atoms with Crippen molar-refractivity contribution in [3.8, 4) is 0 Å². The minimum atomic E-state index is -5.07. The molecule has 61 heavy (non-hydrogen) atoms. The number of carbonyl (C=O) groups excluding carboxylic acids is 1. The number of hydrogen-bond donors (Lipinski definition) is 4. The van der Waals surface area contributed by atoms with Gasteiger partial charge in [0.25, 0.3) is 0 Å². The lowest BCUT2D eigenvalue weighted by Crippen LogP contribution is -2.60. The van der Waals surface area contributed by atoms with Crippen LogP contribution in [-0.2, 0) is 38.3 Å². The maximum atomic E-state index is 12.9. The molecule has 1 rings (SSSR count). The molecular formula is C48H86O12S. The summed E-state index contributed by atoms with van der Waals surface area (Å²) in [5.41, 5.74) is 0. The highest BCUT2D eigenvalue weighted by atomic mass is 32.3. The molecular weight excluding hydrogens is 801 g/mol. The second kappa shape index (κ2) is 39.6. The van der Waals surface area contributed by atoms with E-state index in [-0.39, 0.29) is 19.6 Å². The minimum Gasteiger partial charge on any atom is -0.457 e. The first-order valence-electron chi connectivity index (χ1n) is 23.9. The van der Waals surface area contributed by atoms with Gasteiger partial charge in [-0.3, -0.25) is 9.35 Å². The van der Waals surface area contributed by atoms with E-state index in [2.05, 4.69) is 66.6 Å². The molecule has 356 valence electrons. The van der Waals surface area contributed by atoms with E-state index in [0.29, 0.717) is 13.0 Å². The number of esters is 1. The molecule has 1 aliphatic heterocycles. The predicted molar refractivity (Wildman–Crippen MR) is 243 cm³/mol. The van der Waals surface area contributed by atoms with Crippen molar-refractivity contribution in [2.75, 3.05) is 26.4 Å². The van der Waals surface area contributed by atoms with E-state index in [9.17, 15) is 28.5 Å². The quantitative estimate of drug-likeness (QED) is 0.0198. The molecule has 0 bridgehead atoms. The Bertz CT molecular complexity index is 1250. The smallest absolute Gasteiger partial charge is 0.397 e. The van der Waals surface area contributed by atoms with Crippen molar-refractivity contribution >= 4 is 16.4 Å². The number of carbonyl (C=O) groups is 1. The van der Waals surface area contributed by atoms with Crippen LogP contribution in [0.25, 0.3) is 0 Å². The average molecular weight is 887 g/mol. The van der Waals surface area contributed by atoms with Gasteiger partial charge in [-0.1, -0.05) is 178 Å². The standard InChI is InChI=1S/C48H86O12S/c1-3-5-7-9-11-13-15-17-19-21-23-25-27-29-31-33-35-37-44(50)58-42(41-57-48-46(52)47(60-61(53,54)55)45(51)43(39-49)59-48)40-56-38-36-34-32-30-28-26-24-22-20-18-16-14-12-10-8-6-4-2/h5,7,11,13,17,19,23,25,42-43,45-49,51-52H,3-4,6,8-10,12,14-16,18,20-22,24,26-41H2,1-2H3,(H,53,54,55)/b7-5-,13-11-,19-17-,25-23-. The summed E-state index contributed by atoms with van der Waals surface area (Å²) < 4.78 is 59.1. The predicted octanol–water partition coefficient (Wildman–Crippen LogP) is 10.4. The molecule has 0 aromatic heterocycles. The number of allylic oxidation sites excluding steroid dienone is 8. The Morgan fingerprint density at radius 2 is 1.13 bits per heavy atom. The summed E-state index contributed by atoms with van der Waals surface area (Å²) in [6.07, 6.45) is 38.5. The van der Waals surface area contributed by atoms with E-state index in [1.807, 2.05) is 0 Å². The first-order chi connectivity index (χ1) is 29.6. The molecule has 12 nitrogen and oxygen atoms in total. The molecule has 0 aliphatic carbocycles. The van der Waals surface area contributed by atoms with Gasteiger partial charge in [0.05, 0.1) is 19.8 Å². The Balaban J connectivity index is 2.42. The topological polar surface area (TPSA) is 178 Å². The zero-order valence-corrected chi connectivity index (χ0v) is 38.8. The summed E-state index contributed by atoms with van der Waals surface area (Å²) in [7, 11) is -5.07. The van der Waals surface area contributed by atoms with Crippen LogP contribution in [0, 0.1) is 0 Å². The molecule has 13 heteroatoms. The first-order valence-corrected chi connectivity index (χ1v) is 25.3. The second-order valence-corrected chi connectivity index (χ2v) is 17.4. The zero-order valence-electron chi connectivity index (χ0n) is 38.0. The largest absolute Gasteiger partial charge is 0.457 e. The number of rotatable bonds is 41. The molecule has 0 aromatic rings. The van der Waals surface area contributed by atoms with Crippen LogP contribution in [0.2, 0.25) is 0 Å². The Morgan fingerprint density at radius 1 is 0.639 bits per heavy atom. The van der Waals surface area contributed by atoms with Gasteiger partial charge in [0.2, 0.25) is 0 Å². The Hall–Kier alpha value is -1.94. The van der Waals surface area contributed by atoms with Gasteiger partial charge < -0.3 is 34.3 Å². The Kier molecular flexibility index (Phi) is 37.1. The van der Waals surface area contributed by atoms with Crippen molar-refractivity contribution in [3.05, 3.63) is 48.6 Å². The Labute approximate surface area is 370 Å². The van der Waals surface area contributed by atoms with E-state index >= 15 is 0 Å². The van der Waals surface area contributed by atoms with Crippen LogP contribution in [-0.4, -0.2) is 97.5 Å². The van der Waals surface area contributed by atoms with E-state index in [0.717, 1.165) is 70.6 Å². The lowest BCUT2D eigenvalue weighted by molar-refractivity contribution is -0.301. The highest BCUT2D eigenvalue weighted by Crippen LogP contribution is 2.26. The van der Waals surface area contributed by atoms with Gasteiger partial charge in [-0.25, -0.2) is 4.18 Å². The van der Waals surface area contributed by atoms with Crippen molar-refractivity contribution in [2.24, 2.45) is 0 Å². The van der Waals surface area contributed by atoms with E-state index in [4.69, 9.17) is 23.5 Å². The van der Waals surface area contributed by atoms with Gasteiger partial charge in [-0.15, -0.1) is 0 Å². The van der Waals surface area contributed by atoms with Crippen LogP contribution in [0.1, 0.15) is 187 Å². The summed E-state index contributed by atoms with van der Waals surface area (Å²) in [6, 6.07) is 0. The van der Waals surface area contributed by atoms with Gasteiger partial charge in [-0.05, 0) is 51.4 Å². The molecule has 0 spiro atoms. The van der Waals surface area contributed by atoms with Gasteiger partial charge in [0, 0.05) is 13.0 Å². The van der Waals surface area contributed by atoms with Crippen LogP contribution in [0.15, 0.2) is 48.6 Å². The summed E-state index contributed by atoms with van der Waals surface area (Å²) in [4.78, 5) is 12.9. The maximum Gasteiger partial charge on any atom is 0.397 e. The number of ether oxygens (including phenoxy) is 4. The number of aliphatic hydroxyl groups excluding tert-OH is 3. The van der Waals surface area contributed by atoms with Crippen LogP contribution in [0.4, 0.5) is 0 Å². The SMILES string of the molecule is CC/C=C\C/C=C\C/C=C\C/C=C\CCCCCCC(=O)OC(COCCCCCCCCCCCCCCCCCCC)COC1OC(CO)C(O)C(OS(=O)(=O)O)C1O. The van der Waals surface area contributed by atoms with Gasteiger partial charge in [-0.2, -0.15) is 8.42 Å². The molecule has 1 saturated heterocycles. The van der Waals surface area contributed by atoms with Gasteiger partial charge in [0.15, 0.2) is 6.29 Å². The van der Waals surface area contributed by atoms with Crippen molar-refractivity contribution in [1.29, 1.82) is 0 Å². The molecule has 6 unspecified atom stereocenters. The lowest BCUT2D eigenvalue weighted by Gasteiger charge is -2.41. The maximum absolute atomic E-state index is 12.9. The number of hydrogen-bond acceptors (Lipinski definition) is 11. The third-order valence-corrected chi connectivity index (χ3v) is 11.2. The van der Waals surface area contributed by atoms with E-state index in [1.54, 1.807) is 0 Å². The van der Waals surface area contributed by atoms with Crippen LogP contribution in [0.5, 0.6) is 0 Å². The Morgan fingerprint density at radius 3 is 1.66 bits per heavy atom. The molecule has 4 N–H and O–H groups in total. The van der Waals surface area contributed by atoms with Crippen molar-refractivity contribution in [2.45, 2.75) is 224 Å². The fraction of sp³-hybridized carbons (Fsp3) is 0.812. The molecule has 1 heterocycles. The van der Waals surface area contributed by atoms with Crippen LogP contribution < -0.4 is 0 Å². The summed E-state index contributed by atoms with van der Waals surface area (Å²) >= 11 is 0. The van der Waals surface area contributed by atoms with Gasteiger partial charge >= 0.3 is 16.4 Å². The van der Waals surface area contributed by atoms with E-state index in [1.165, 1.54) is 89.9 Å². The normalized spacial score (nSPS) is 20.5. The summed E-state index contributed by atoms with van der Waals surface area (Å²) in [5, 5.41) is 30.7. The third-order valence-electron chi connectivity index (χ3n) is 10.7.